The quantitative estimate of drug-likeness (QED) is 0.717. The molecule has 0 saturated carbocycles. The van der Waals surface area contributed by atoms with Crippen molar-refractivity contribution in [2.45, 2.75) is 19.8 Å². The molecule has 1 rings (SSSR count). The molecule has 0 aliphatic heterocycles. The van der Waals surface area contributed by atoms with Crippen LogP contribution in [-0.2, 0) is 0 Å². The molecule has 0 spiro atoms. The Balaban J connectivity index is 3.30. The molecule has 0 aliphatic rings. The van der Waals surface area contributed by atoms with Gasteiger partial charge in [0.15, 0.2) is 5.78 Å². The number of rotatable bonds is 3. The first kappa shape index (κ1) is 11.3. The standard InChI is InChI=1S/C11H9F2NO/c1-2-10(15)9-5-7(6-14)3-4-8(9)11(12)13/h3-5,11H,2H2,1H3. The van der Waals surface area contributed by atoms with E-state index < -0.39 is 6.43 Å². The lowest BCUT2D eigenvalue weighted by atomic mass is 10.00. The number of carbonyl (C=O) groups excluding carboxylic acids is 1. The molecule has 0 bridgehead atoms. The number of nitriles is 1. The minimum atomic E-state index is -2.69. The summed E-state index contributed by atoms with van der Waals surface area (Å²) in [6.45, 7) is 1.59. The number of benzene rings is 1. The summed E-state index contributed by atoms with van der Waals surface area (Å²) in [5, 5.41) is 8.60. The first-order valence-corrected chi connectivity index (χ1v) is 4.45. The monoisotopic (exact) mass is 209 g/mol. The molecule has 4 heteroatoms. The third-order valence-corrected chi connectivity index (χ3v) is 2.04. The van der Waals surface area contributed by atoms with Crippen molar-refractivity contribution in [2.24, 2.45) is 0 Å². The van der Waals surface area contributed by atoms with Crippen LogP contribution in [0.3, 0.4) is 0 Å². The molecule has 1 aromatic carbocycles. The van der Waals surface area contributed by atoms with E-state index in [0.29, 0.717) is 0 Å². The Bertz CT molecular complexity index is 421. The van der Waals surface area contributed by atoms with Crippen LogP contribution in [0, 0.1) is 11.3 Å². The van der Waals surface area contributed by atoms with Gasteiger partial charge in [-0.25, -0.2) is 8.78 Å². The van der Waals surface area contributed by atoms with Crippen molar-refractivity contribution >= 4 is 5.78 Å². The van der Waals surface area contributed by atoms with Crippen LogP contribution in [-0.4, -0.2) is 5.78 Å². The Morgan fingerprint density at radius 3 is 2.67 bits per heavy atom. The van der Waals surface area contributed by atoms with Gasteiger partial charge in [0.2, 0.25) is 0 Å². The van der Waals surface area contributed by atoms with Crippen LogP contribution in [0.1, 0.15) is 41.3 Å². The normalized spacial score (nSPS) is 10.1. The zero-order valence-corrected chi connectivity index (χ0v) is 8.13. The van der Waals surface area contributed by atoms with Crippen LogP contribution >= 0.6 is 0 Å². The van der Waals surface area contributed by atoms with E-state index in [1.54, 1.807) is 6.92 Å². The predicted molar refractivity (Wildman–Crippen MR) is 50.7 cm³/mol. The van der Waals surface area contributed by atoms with E-state index in [0.717, 1.165) is 6.07 Å². The SMILES string of the molecule is CCC(=O)c1cc(C#N)ccc1C(F)F. The molecule has 0 fully saturated rings. The Hall–Kier alpha value is -1.76. The summed E-state index contributed by atoms with van der Waals surface area (Å²) >= 11 is 0. The lowest BCUT2D eigenvalue weighted by molar-refractivity contribution is 0.0974. The summed E-state index contributed by atoms with van der Waals surface area (Å²) in [5.41, 5.74) is -0.136. The lowest BCUT2D eigenvalue weighted by Gasteiger charge is -2.06. The molecule has 1 aromatic rings. The van der Waals surface area contributed by atoms with Gasteiger partial charge in [-0.05, 0) is 12.1 Å². The third kappa shape index (κ3) is 2.38. The van der Waals surface area contributed by atoms with Crippen LogP contribution in [0.25, 0.3) is 0 Å². The Kier molecular flexibility index (Phi) is 3.51. The zero-order valence-electron chi connectivity index (χ0n) is 8.13. The second-order valence-electron chi connectivity index (χ2n) is 2.99. The minimum Gasteiger partial charge on any atom is -0.294 e. The summed E-state index contributed by atoms with van der Waals surface area (Å²) in [7, 11) is 0. The highest BCUT2D eigenvalue weighted by Crippen LogP contribution is 2.24. The molecule has 0 atom stereocenters. The maximum atomic E-state index is 12.5. The van der Waals surface area contributed by atoms with E-state index in [-0.39, 0.29) is 28.9 Å². The van der Waals surface area contributed by atoms with Crippen LogP contribution in [0.4, 0.5) is 8.78 Å². The van der Waals surface area contributed by atoms with Crippen molar-refractivity contribution in [2.75, 3.05) is 0 Å². The Morgan fingerprint density at radius 2 is 2.20 bits per heavy atom. The molecule has 0 aliphatic carbocycles. The smallest absolute Gasteiger partial charge is 0.264 e. The van der Waals surface area contributed by atoms with Crippen molar-refractivity contribution in [3.8, 4) is 6.07 Å². The van der Waals surface area contributed by atoms with E-state index in [2.05, 4.69) is 0 Å². The van der Waals surface area contributed by atoms with Gasteiger partial charge < -0.3 is 0 Å². The molecule has 0 unspecified atom stereocenters. The topological polar surface area (TPSA) is 40.9 Å². The molecule has 78 valence electrons. The fourth-order valence-electron chi connectivity index (χ4n) is 1.25. The van der Waals surface area contributed by atoms with E-state index >= 15 is 0 Å². The predicted octanol–water partition coefficient (Wildman–Crippen LogP) is 3.09. The van der Waals surface area contributed by atoms with Crippen molar-refractivity contribution in [1.29, 1.82) is 5.26 Å². The average Bonchev–Trinajstić information content (AvgIpc) is 2.26. The van der Waals surface area contributed by atoms with Crippen LogP contribution in [0.15, 0.2) is 18.2 Å². The largest absolute Gasteiger partial charge is 0.294 e. The average molecular weight is 209 g/mol. The van der Waals surface area contributed by atoms with Gasteiger partial charge in [-0.2, -0.15) is 5.26 Å². The van der Waals surface area contributed by atoms with Gasteiger partial charge in [-0.15, -0.1) is 0 Å². The number of ketones is 1. The Labute approximate surface area is 86.1 Å². The zero-order chi connectivity index (χ0) is 11.4. The van der Waals surface area contributed by atoms with Gasteiger partial charge >= 0.3 is 0 Å². The summed E-state index contributed by atoms with van der Waals surface area (Å²) in [4.78, 5) is 11.4. The fraction of sp³-hybridized carbons (Fsp3) is 0.273. The maximum absolute atomic E-state index is 12.5. The van der Waals surface area contributed by atoms with Crippen molar-refractivity contribution in [3.05, 3.63) is 34.9 Å². The number of halogens is 2. The minimum absolute atomic E-state index is 0.0495. The maximum Gasteiger partial charge on any atom is 0.264 e. The first-order valence-electron chi connectivity index (χ1n) is 4.45. The van der Waals surface area contributed by atoms with E-state index in [1.807, 2.05) is 6.07 Å². The fourth-order valence-corrected chi connectivity index (χ4v) is 1.25. The third-order valence-electron chi connectivity index (χ3n) is 2.04. The van der Waals surface area contributed by atoms with E-state index in [9.17, 15) is 13.6 Å². The highest BCUT2D eigenvalue weighted by Gasteiger charge is 2.17. The van der Waals surface area contributed by atoms with E-state index in [1.165, 1.54) is 12.1 Å². The van der Waals surface area contributed by atoms with Gasteiger partial charge in [0.05, 0.1) is 11.6 Å². The summed E-state index contributed by atoms with van der Waals surface area (Å²) in [6.07, 6.45) is -2.54. The number of nitrogens with zero attached hydrogens (tertiary/aromatic N) is 1. The van der Waals surface area contributed by atoms with Gasteiger partial charge in [-0.1, -0.05) is 13.0 Å². The summed E-state index contributed by atoms with van der Waals surface area (Å²) < 4.78 is 25.0. The highest BCUT2D eigenvalue weighted by atomic mass is 19.3. The van der Waals surface area contributed by atoms with Gasteiger partial charge in [-0.3, -0.25) is 4.79 Å². The second-order valence-corrected chi connectivity index (χ2v) is 2.99. The number of Topliss-reactive ketones (excluding diaryl/α,β-unsaturated/α-hetero) is 1. The number of alkyl halides is 2. The van der Waals surface area contributed by atoms with Gasteiger partial charge in [0.1, 0.15) is 0 Å². The molecule has 0 aromatic heterocycles. The van der Waals surface area contributed by atoms with Crippen LogP contribution in [0.5, 0.6) is 0 Å². The molecule has 0 amide bonds. The molecule has 0 N–H and O–H groups in total. The molecular formula is C11H9F2NO. The Morgan fingerprint density at radius 1 is 1.53 bits per heavy atom. The van der Waals surface area contributed by atoms with Crippen molar-refractivity contribution < 1.29 is 13.6 Å². The number of hydrogen-bond acceptors (Lipinski definition) is 2. The van der Waals surface area contributed by atoms with Crippen LogP contribution < -0.4 is 0 Å². The summed E-state index contributed by atoms with van der Waals surface area (Å²) in [6, 6.07) is 5.45. The molecule has 0 radical (unpaired) electrons. The van der Waals surface area contributed by atoms with Crippen molar-refractivity contribution in [1.82, 2.24) is 0 Å². The second kappa shape index (κ2) is 4.65. The van der Waals surface area contributed by atoms with E-state index in [4.69, 9.17) is 5.26 Å². The lowest BCUT2D eigenvalue weighted by Crippen LogP contribution is -2.03. The first-order chi connectivity index (χ1) is 7.10. The molecule has 2 nitrogen and oxygen atoms in total. The van der Waals surface area contributed by atoms with Gasteiger partial charge in [0.25, 0.3) is 6.43 Å². The number of carbonyl (C=O) groups is 1. The molecule has 0 heterocycles. The van der Waals surface area contributed by atoms with Crippen molar-refractivity contribution in [3.63, 3.8) is 0 Å². The highest BCUT2D eigenvalue weighted by molar-refractivity contribution is 5.97. The molecule has 0 saturated heterocycles. The summed E-state index contributed by atoms with van der Waals surface area (Å²) in [5.74, 6) is -0.373. The van der Waals surface area contributed by atoms with Gasteiger partial charge in [0, 0.05) is 17.5 Å². The molecular weight excluding hydrogens is 200 g/mol. The molecule has 15 heavy (non-hydrogen) atoms. The van der Waals surface area contributed by atoms with Crippen LogP contribution in [0.2, 0.25) is 0 Å². The number of hydrogen-bond donors (Lipinski definition) is 0.